The van der Waals surface area contributed by atoms with Gasteiger partial charge in [0.1, 0.15) is 5.75 Å². The van der Waals surface area contributed by atoms with Crippen molar-refractivity contribution in [2.45, 2.75) is 6.92 Å². The molecule has 1 aromatic rings. The third-order valence-corrected chi connectivity index (χ3v) is 1.53. The summed E-state index contributed by atoms with van der Waals surface area (Å²) in [5.74, 6) is 0.842. The minimum Gasteiger partial charge on any atom is -0.494 e. The predicted molar refractivity (Wildman–Crippen MR) is 52.3 cm³/mol. The van der Waals surface area contributed by atoms with Gasteiger partial charge in [-0.2, -0.15) is 0 Å². The number of rotatable bonds is 4. The molecule has 0 atom stereocenters. The van der Waals surface area contributed by atoms with Crippen molar-refractivity contribution in [3.63, 3.8) is 0 Å². The van der Waals surface area contributed by atoms with Crippen molar-refractivity contribution in [1.29, 1.82) is 0 Å². The van der Waals surface area contributed by atoms with E-state index in [0.29, 0.717) is 6.61 Å². The van der Waals surface area contributed by atoms with Crippen molar-refractivity contribution in [3.05, 3.63) is 35.9 Å². The van der Waals surface area contributed by atoms with Crippen LogP contribution in [0, 0.1) is 0 Å². The number of ether oxygens (including phenoxy) is 1. The van der Waals surface area contributed by atoms with E-state index in [1.807, 2.05) is 31.2 Å². The van der Waals surface area contributed by atoms with Crippen LogP contribution in [0.1, 0.15) is 12.5 Å². The Morgan fingerprint density at radius 1 is 1.38 bits per heavy atom. The van der Waals surface area contributed by atoms with Gasteiger partial charge in [-0.15, -0.1) is 0 Å². The van der Waals surface area contributed by atoms with Gasteiger partial charge in [0.2, 0.25) is 6.08 Å². The lowest BCUT2D eigenvalue weighted by molar-refractivity contribution is 0.340. The molecule has 0 saturated carbocycles. The van der Waals surface area contributed by atoms with Crippen LogP contribution >= 0.6 is 0 Å². The van der Waals surface area contributed by atoms with Crippen LogP contribution in [0.25, 0.3) is 6.08 Å². The summed E-state index contributed by atoms with van der Waals surface area (Å²) in [4.78, 5) is 9.91. The quantitative estimate of drug-likeness (QED) is 0.518. The molecule has 2 heteroatoms. The molecular formula is C11H11O2+. The molecule has 0 heterocycles. The summed E-state index contributed by atoms with van der Waals surface area (Å²) < 4.78 is 5.26. The first-order valence-corrected chi connectivity index (χ1v) is 4.14. The Labute approximate surface area is 77.8 Å². The molecule has 1 rings (SSSR count). The Kier molecular flexibility index (Phi) is 3.68. The minimum absolute atomic E-state index is 0.664. The average molecular weight is 175 g/mol. The summed E-state index contributed by atoms with van der Waals surface area (Å²) in [5.41, 5.74) is 0.965. The SMILES string of the molecule is CCOc1ccc(/C=C/[C+]=O)cc1. The molecule has 0 spiro atoms. The first-order chi connectivity index (χ1) is 6.36. The van der Waals surface area contributed by atoms with Crippen molar-refractivity contribution in [3.8, 4) is 5.75 Å². The van der Waals surface area contributed by atoms with Crippen molar-refractivity contribution in [1.82, 2.24) is 0 Å². The summed E-state index contributed by atoms with van der Waals surface area (Å²) in [5, 5.41) is 0. The van der Waals surface area contributed by atoms with Crippen molar-refractivity contribution < 1.29 is 9.53 Å². The van der Waals surface area contributed by atoms with Gasteiger partial charge in [0.05, 0.1) is 18.2 Å². The van der Waals surface area contributed by atoms with E-state index in [0.717, 1.165) is 11.3 Å². The van der Waals surface area contributed by atoms with Gasteiger partial charge in [0, 0.05) is 0 Å². The van der Waals surface area contributed by atoms with E-state index >= 15 is 0 Å². The number of allylic oxidation sites excluding steroid dienone is 1. The third-order valence-electron chi connectivity index (χ3n) is 1.53. The third kappa shape index (κ3) is 3.06. The molecule has 66 valence electrons. The number of carbonyl (C=O) groups excluding carboxylic acids is 1. The number of benzene rings is 1. The highest BCUT2D eigenvalue weighted by molar-refractivity contribution is 5.74. The van der Waals surface area contributed by atoms with Gasteiger partial charge in [0.15, 0.2) is 0 Å². The van der Waals surface area contributed by atoms with E-state index in [9.17, 15) is 4.79 Å². The van der Waals surface area contributed by atoms with Crippen molar-refractivity contribution in [2.24, 2.45) is 0 Å². The van der Waals surface area contributed by atoms with Crippen LogP contribution in [0.2, 0.25) is 0 Å². The minimum atomic E-state index is 0.664. The number of hydrogen-bond acceptors (Lipinski definition) is 2. The van der Waals surface area contributed by atoms with Gasteiger partial charge in [-0.25, -0.2) is 0 Å². The smallest absolute Gasteiger partial charge is 0.356 e. The Bertz CT molecular complexity index is 285. The second kappa shape index (κ2) is 5.07. The number of hydrogen-bond donors (Lipinski definition) is 0. The van der Waals surface area contributed by atoms with Crippen LogP contribution < -0.4 is 4.74 Å². The lowest BCUT2D eigenvalue weighted by Crippen LogP contribution is -1.90. The molecule has 0 unspecified atom stereocenters. The molecule has 0 N–H and O–H groups in total. The lowest BCUT2D eigenvalue weighted by Gasteiger charge is -2.00. The maximum atomic E-state index is 9.91. The molecule has 0 amide bonds. The Morgan fingerprint density at radius 3 is 2.62 bits per heavy atom. The van der Waals surface area contributed by atoms with Gasteiger partial charge in [-0.05, 0) is 31.2 Å². The maximum Gasteiger partial charge on any atom is 0.356 e. The first-order valence-electron chi connectivity index (χ1n) is 4.14. The summed E-state index contributed by atoms with van der Waals surface area (Å²) >= 11 is 0. The molecule has 0 fully saturated rings. The average Bonchev–Trinajstić information content (AvgIpc) is 2.17. The molecule has 0 aliphatic carbocycles. The molecule has 2 nitrogen and oxygen atoms in total. The van der Waals surface area contributed by atoms with E-state index in [4.69, 9.17) is 4.74 Å². The van der Waals surface area contributed by atoms with Gasteiger partial charge in [0.25, 0.3) is 0 Å². The molecule has 0 saturated heterocycles. The van der Waals surface area contributed by atoms with Gasteiger partial charge in [-0.1, -0.05) is 4.79 Å². The second-order valence-electron chi connectivity index (χ2n) is 2.45. The van der Waals surface area contributed by atoms with E-state index in [-0.39, 0.29) is 0 Å². The van der Waals surface area contributed by atoms with Crippen LogP contribution in [0.3, 0.4) is 0 Å². The Balaban J connectivity index is 2.69. The molecule has 1 aromatic carbocycles. The van der Waals surface area contributed by atoms with Gasteiger partial charge < -0.3 is 4.74 Å². The maximum absolute atomic E-state index is 9.91. The molecule has 0 radical (unpaired) electrons. The summed E-state index contributed by atoms with van der Waals surface area (Å²) in [6, 6.07) is 7.51. The van der Waals surface area contributed by atoms with Crippen LogP contribution in [0.5, 0.6) is 5.75 Å². The largest absolute Gasteiger partial charge is 0.494 e. The molecule has 0 bridgehead atoms. The molecule has 0 aliphatic heterocycles. The molecular weight excluding hydrogens is 164 g/mol. The summed E-state index contributed by atoms with van der Waals surface area (Å²) in [6.07, 6.45) is 4.73. The zero-order valence-electron chi connectivity index (χ0n) is 7.49. The Hall–Kier alpha value is -1.66. The standard InChI is InChI=1S/C11H11O2/c1-2-13-11-7-5-10(6-8-11)4-3-9-12/h3-8H,2H2,1H3/q+1/b4-3+. The topological polar surface area (TPSA) is 26.3 Å². The highest BCUT2D eigenvalue weighted by Crippen LogP contribution is 2.12. The predicted octanol–water partition coefficient (Wildman–Crippen LogP) is 2.21. The molecule has 13 heavy (non-hydrogen) atoms. The van der Waals surface area contributed by atoms with E-state index < -0.39 is 0 Å². The highest BCUT2D eigenvalue weighted by Gasteiger charge is 1.94. The highest BCUT2D eigenvalue weighted by atomic mass is 16.5. The van der Waals surface area contributed by atoms with Crippen LogP contribution in [-0.2, 0) is 4.79 Å². The van der Waals surface area contributed by atoms with Crippen molar-refractivity contribution in [2.75, 3.05) is 6.61 Å². The summed E-state index contributed by atoms with van der Waals surface area (Å²) in [6.45, 7) is 2.60. The van der Waals surface area contributed by atoms with E-state index in [1.165, 1.54) is 6.08 Å². The van der Waals surface area contributed by atoms with Gasteiger partial charge in [-0.3, -0.25) is 0 Å². The van der Waals surface area contributed by atoms with Crippen LogP contribution in [0.4, 0.5) is 0 Å². The fourth-order valence-corrected chi connectivity index (χ4v) is 0.972. The van der Waals surface area contributed by atoms with Crippen LogP contribution in [-0.4, -0.2) is 12.9 Å². The van der Waals surface area contributed by atoms with E-state index in [1.54, 1.807) is 12.4 Å². The van der Waals surface area contributed by atoms with Crippen LogP contribution in [0.15, 0.2) is 30.3 Å². The van der Waals surface area contributed by atoms with Gasteiger partial charge >= 0.3 is 6.29 Å². The molecule has 0 aliphatic rings. The normalized spacial score (nSPS) is 9.92. The lowest BCUT2D eigenvalue weighted by atomic mass is 10.2. The molecule has 0 aromatic heterocycles. The van der Waals surface area contributed by atoms with Crippen molar-refractivity contribution >= 4 is 12.4 Å². The zero-order chi connectivity index (χ0) is 9.52. The Morgan fingerprint density at radius 2 is 2.08 bits per heavy atom. The fourth-order valence-electron chi connectivity index (χ4n) is 0.972. The zero-order valence-corrected chi connectivity index (χ0v) is 7.49. The second-order valence-corrected chi connectivity index (χ2v) is 2.45. The van der Waals surface area contributed by atoms with E-state index in [2.05, 4.69) is 0 Å². The summed E-state index contributed by atoms with van der Waals surface area (Å²) in [7, 11) is 0. The first kappa shape index (κ1) is 9.43. The fraction of sp³-hybridized carbons (Fsp3) is 0.182. The monoisotopic (exact) mass is 175 g/mol.